The van der Waals surface area contributed by atoms with Crippen molar-refractivity contribution in [2.45, 2.75) is 27.3 Å². The zero-order chi connectivity index (χ0) is 15.2. The van der Waals surface area contributed by atoms with E-state index >= 15 is 0 Å². The maximum absolute atomic E-state index is 5.02. The van der Waals surface area contributed by atoms with E-state index in [1.54, 1.807) is 7.11 Å². The number of hydrogen-bond acceptors (Lipinski definition) is 5. The van der Waals surface area contributed by atoms with Crippen molar-refractivity contribution in [3.05, 3.63) is 41.0 Å². The first-order valence-corrected chi connectivity index (χ1v) is 7.08. The Bertz CT molecular complexity index is 593. The van der Waals surface area contributed by atoms with Crippen LogP contribution in [0.3, 0.4) is 0 Å². The van der Waals surface area contributed by atoms with Crippen LogP contribution >= 0.6 is 0 Å². The smallest absolute Gasteiger partial charge is 0.159 e. The van der Waals surface area contributed by atoms with Crippen molar-refractivity contribution >= 4 is 0 Å². The van der Waals surface area contributed by atoms with Crippen molar-refractivity contribution < 1.29 is 4.74 Å². The normalized spacial score (nSPS) is 10.9. The van der Waals surface area contributed by atoms with Gasteiger partial charge in [0.2, 0.25) is 0 Å². The Morgan fingerprint density at radius 3 is 2.29 bits per heavy atom. The van der Waals surface area contributed by atoms with Gasteiger partial charge in [-0.05, 0) is 39.0 Å². The minimum Gasteiger partial charge on any atom is -0.383 e. The van der Waals surface area contributed by atoms with Gasteiger partial charge in [0, 0.05) is 42.8 Å². The molecule has 0 spiro atoms. The van der Waals surface area contributed by atoms with Crippen LogP contribution in [-0.4, -0.2) is 35.2 Å². The Labute approximate surface area is 125 Å². The summed E-state index contributed by atoms with van der Waals surface area (Å²) < 4.78 is 5.02. The summed E-state index contributed by atoms with van der Waals surface area (Å²) >= 11 is 0. The molecular formula is C16H22N4O. The summed E-state index contributed by atoms with van der Waals surface area (Å²) in [5.74, 6) is 0.757. The van der Waals surface area contributed by atoms with Crippen molar-refractivity contribution in [1.82, 2.24) is 20.3 Å². The van der Waals surface area contributed by atoms with E-state index in [0.717, 1.165) is 40.7 Å². The summed E-state index contributed by atoms with van der Waals surface area (Å²) in [5.41, 5.74) is 4.93. The highest BCUT2D eigenvalue weighted by Crippen LogP contribution is 2.17. The van der Waals surface area contributed by atoms with E-state index in [1.807, 2.05) is 39.0 Å². The van der Waals surface area contributed by atoms with Crippen LogP contribution < -0.4 is 5.32 Å². The minimum absolute atomic E-state index is 0.694. The largest absolute Gasteiger partial charge is 0.383 e. The van der Waals surface area contributed by atoms with E-state index in [4.69, 9.17) is 4.74 Å². The lowest BCUT2D eigenvalue weighted by molar-refractivity contribution is 0.199. The summed E-state index contributed by atoms with van der Waals surface area (Å²) in [5, 5.41) is 3.30. The van der Waals surface area contributed by atoms with Crippen molar-refractivity contribution in [1.29, 1.82) is 0 Å². The van der Waals surface area contributed by atoms with Gasteiger partial charge in [0.1, 0.15) is 0 Å². The van der Waals surface area contributed by atoms with Gasteiger partial charge in [-0.1, -0.05) is 0 Å². The highest BCUT2D eigenvalue weighted by Gasteiger charge is 2.07. The minimum atomic E-state index is 0.694. The number of nitrogens with zero attached hydrogens (tertiary/aromatic N) is 3. The van der Waals surface area contributed by atoms with Crippen molar-refractivity contribution in [2.75, 3.05) is 20.3 Å². The van der Waals surface area contributed by atoms with Crippen LogP contribution in [-0.2, 0) is 11.3 Å². The topological polar surface area (TPSA) is 59.9 Å². The molecule has 0 aromatic carbocycles. The molecule has 1 N–H and O–H groups in total. The number of nitrogens with one attached hydrogen (secondary N) is 1. The van der Waals surface area contributed by atoms with Crippen molar-refractivity contribution in [2.24, 2.45) is 0 Å². The number of aromatic nitrogens is 3. The highest BCUT2D eigenvalue weighted by molar-refractivity contribution is 5.56. The molecule has 0 aliphatic rings. The van der Waals surface area contributed by atoms with Gasteiger partial charge in [0.05, 0.1) is 12.3 Å². The monoisotopic (exact) mass is 286 g/mol. The van der Waals surface area contributed by atoms with Crippen LogP contribution in [0.5, 0.6) is 0 Å². The predicted octanol–water partition coefficient (Wildman–Crippen LogP) is 2.20. The molecule has 5 heteroatoms. The second kappa shape index (κ2) is 7.24. The molecule has 2 aromatic heterocycles. The quantitative estimate of drug-likeness (QED) is 0.825. The summed E-state index contributed by atoms with van der Waals surface area (Å²) in [4.78, 5) is 13.6. The van der Waals surface area contributed by atoms with Crippen LogP contribution in [0.25, 0.3) is 11.4 Å². The van der Waals surface area contributed by atoms with Gasteiger partial charge in [0.25, 0.3) is 0 Å². The summed E-state index contributed by atoms with van der Waals surface area (Å²) in [6.45, 7) is 8.18. The fourth-order valence-corrected chi connectivity index (χ4v) is 2.21. The van der Waals surface area contributed by atoms with Crippen LogP contribution in [0.2, 0.25) is 0 Å². The number of ether oxygens (including phenoxy) is 1. The number of methoxy groups -OCH3 is 1. The van der Waals surface area contributed by atoms with E-state index in [-0.39, 0.29) is 0 Å². The lowest BCUT2D eigenvalue weighted by Gasteiger charge is -2.08. The predicted molar refractivity (Wildman–Crippen MR) is 83.1 cm³/mol. The molecule has 0 unspecified atom stereocenters. The first-order chi connectivity index (χ1) is 10.1. The second-order valence-electron chi connectivity index (χ2n) is 5.13. The summed E-state index contributed by atoms with van der Waals surface area (Å²) in [6.07, 6.45) is 0. The van der Waals surface area contributed by atoms with Crippen molar-refractivity contribution in [3.63, 3.8) is 0 Å². The molecule has 0 atom stereocenters. The molecule has 0 aliphatic heterocycles. The van der Waals surface area contributed by atoms with Gasteiger partial charge in [-0.2, -0.15) is 0 Å². The molecule has 0 amide bonds. The fraction of sp³-hybridized carbons (Fsp3) is 0.438. The van der Waals surface area contributed by atoms with Crippen LogP contribution in [0.15, 0.2) is 18.2 Å². The lowest BCUT2D eigenvalue weighted by atomic mass is 10.1. The first kappa shape index (κ1) is 15.5. The molecule has 112 valence electrons. The van der Waals surface area contributed by atoms with Gasteiger partial charge in [0.15, 0.2) is 5.82 Å². The Balaban J connectivity index is 2.21. The van der Waals surface area contributed by atoms with E-state index in [0.29, 0.717) is 13.2 Å². The average molecular weight is 286 g/mol. The van der Waals surface area contributed by atoms with Crippen LogP contribution in [0.4, 0.5) is 0 Å². The molecule has 2 rings (SSSR count). The third-order valence-electron chi connectivity index (χ3n) is 3.04. The maximum Gasteiger partial charge on any atom is 0.159 e. The van der Waals surface area contributed by atoms with Crippen LogP contribution in [0, 0.1) is 20.8 Å². The van der Waals surface area contributed by atoms with E-state index in [9.17, 15) is 0 Å². The summed E-state index contributed by atoms with van der Waals surface area (Å²) in [7, 11) is 1.70. The number of rotatable bonds is 6. The van der Waals surface area contributed by atoms with Gasteiger partial charge in [-0.15, -0.1) is 0 Å². The van der Waals surface area contributed by atoms with Gasteiger partial charge in [-0.3, -0.25) is 4.98 Å². The molecule has 2 aromatic rings. The zero-order valence-corrected chi connectivity index (χ0v) is 13.1. The Hall–Kier alpha value is -1.85. The van der Waals surface area contributed by atoms with Crippen LogP contribution in [0.1, 0.15) is 22.8 Å². The van der Waals surface area contributed by atoms with Crippen molar-refractivity contribution in [3.8, 4) is 11.4 Å². The zero-order valence-electron chi connectivity index (χ0n) is 13.1. The molecule has 0 radical (unpaired) electrons. The van der Waals surface area contributed by atoms with Gasteiger partial charge in [-0.25, -0.2) is 9.97 Å². The Morgan fingerprint density at radius 2 is 1.62 bits per heavy atom. The van der Waals surface area contributed by atoms with E-state index < -0.39 is 0 Å². The molecular weight excluding hydrogens is 264 g/mol. The molecule has 0 saturated carbocycles. The number of hydrogen-bond donors (Lipinski definition) is 1. The third kappa shape index (κ3) is 4.58. The van der Waals surface area contributed by atoms with E-state index in [1.165, 1.54) is 0 Å². The second-order valence-corrected chi connectivity index (χ2v) is 5.13. The SMILES string of the molecule is COCCNCc1cc(C)nc(-c2cc(C)nc(C)c2)n1. The third-order valence-corrected chi connectivity index (χ3v) is 3.04. The number of pyridine rings is 1. The molecule has 0 aliphatic carbocycles. The Morgan fingerprint density at radius 1 is 0.952 bits per heavy atom. The molecule has 0 saturated heterocycles. The molecule has 2 heterocycles. The highest BCUT2D eigenvalue weighted by atomic mass is 16.5. The average Bonchev–Trinajstić information content (AvgIpc) is 2.42. The van der Waals surface area contributed by atoms with Gasteiger partial charge >= 0.3 is 0 Å². The molecule has 0 fully saturated rings. The van der Waals surface area contributed by atoms with Gasteiger partial charge < -0.3 is 10.1 Å². The fourth-order valence-electron chi connectivity index (χ4n) is 2.21. The molecule has 21 heavy (non-hydrogen) atoms. The van der Waals surface area contributed by atoms with E-state index in [2.05, 4.69) is 20.3 Å². The first-order valence-electron chi connectivity index (χ1n) is 7.08. The number of aryl methyl sites for hydroxylation is 3. The molecule has 0 bridgehead atoms. The Kier molecular flexibility index (Phi) is 5.36. The maximum atomic E-state index is 5.02. The summed E-state index contributed by atoms with van der Waals surface area (Å²) in [6, 6.07) is 6.04. The standard InChI is InChI=1S/C16H22N4O/c1-11-7-14(8-12(2)18-11)16-19-13(3)9-15(20-16)10-17-5-6-21-4/h7-9,17H,5-6,10H2,1-4H3. The molecule has 5 nitrogen and oxygen atoms in total. The lowest BCUT2D eigenvalue weighted by Crippen LogP contribution is -2.19.